The van der Waals surface area contributed by atoms with E-state index in [0.29, 0.717) is 13.1 Å². The number of carbonyl (C=O) groups excluding carboxylic acids is 1. The Morgan fingerprint density at radius 3 is 2.30 bits per heavy atom. The summed E-state index contributed by atoms with van der Waals surface area (Å²) in [5, 5.41) is -0.150. The maximum absolute atomic E-state index is 12.3. The molecule has 0 aliphatic rings. The summed E-state index contributed by atoms with van der Waals surface area (Å²) >= 11 is 1.54. The summed E-state index contributed by atoms with van der Waals surface area (Å²) in [7, 11) is 1.64. The van der Waals surface area contributed by atoms with E-state index in [9.17, 15) is 4.79 Å². The number of carbonyl (C=O) groups is 1. The predicted molar refractivity (Wildman–Crippen MR) is 85.3 cm³/mol. The maximum Gasteiger partial charge on any atom is 0.236 e. The third-order valence-electron chi connectivity index (χ3n) is 2.73. The standard InChI is InChI=1S/C16H21NO2S/c1-5-11-17(12-6-2)16(18)13(3)20-15-9-7-14(19-4)8-10-15/h5-10,13H,1-2,11-12H2,3-4H3. The molecule has 3 nitrogen and oxygen atoms in total. The van der Waals surface area contributed by atoms with Gasteiger partial charge in [-0.25, -0.2) is 0 Å². The third-order valence-corrected chi connectivity index (χ3v) is 3.83. The lowest BCUT2D eigenvalue weighted by atomic mass is 10.3. The minimum atomic E-state index is -0.150. The Balaban J connectivity index is 2.67. The van der Waals surface area contributed by atoms with Crippen molar-refractivity contribution in [2.24, 2.45) is 0 Å². The Morgan fingerprint density at radius 1 is 1.30 bits per heavy atom. The number of amides is 1. The Kier molecular flexibility index (Phi) is 6.94. The molecule has 1 atom stereocenters. The highest BCUT2D eigenvalue weighted by Crippen LogP contribution is 2.26. The van der Waals surface area contributed by atoms with Crippen LogP contribution >= 0.6 is 11.8 Å². The first kappa shape index (κ1) is 16.4. The molecule has 1 unspecified atom stereocenters. The molecule has 4 heteroatoms. The molecule has 0 heterocycles. The fraction of sp³-hybridized carbons (Fsp3) is 0.312. The van der Waals surface area contributed by atoms with Crippen LogP contribution in [0.2, 0.25) is 0 Å². The van der Waals surface area contributed by atoms with Crippen LogP contribution in [0.15, 0.2) is 54.5 Å². The monoisotopic (exact) mass is 291 g/mol. The first-order valence-corrected chi connectivity index (χ1v) is 7.31. The van der Waals surface area contributed by atoms with Crippen LogP contribution in [0.3, 0.4) is 0 Å². The number of nitrogens with zero attached hydrogens (tertiary/aromatic N) is 1. The second-order valence-electron chi connectivity index (χ2n) is 4.26. The van der Waals surface area contributed by atoms with Crippen LogP contribution in [-0.2, 0) is 4.79 Å². The van der Waals surface area contributed by atoms with Crippen molar-refractivity contribution in [3.05, 3.63) is 49.6 Å². The molecule has 20 heavy (non-hydrogen) atoms. The highest BCUT2D eigenvalue weighted by molar-refractivity contribution is 8.00. The largest absolute Gasteiger partial charge is 0.497 e. The molecule has 0 aromatic heterocycles. The SMILES string of the molecule is C=CCN(CC=C)C(=O)C(C)Sc1ccc(OC)cc1. The third kappa shape index (κ3) is 4.78. The Bertz CT molecular complexity index is 446. The van der Waals surface area contributed by atoms with Crippen molar-refractivity contribution in [1.29, 1.82) is 0 Å². The van der Waals surface area contributed by atoms with Gasteiger partial charge in [-0.15, -0.1) is 24.9 Å². The molecule has 0 aliphatic carbocycles. The summed E-state index contributed by atoms with van der Waals surface area (Å²) < 4.78 is 5.12. The lowest BCUT2D eigenvalue weighted by molar-refractivity contribution is -0.129. The Labute approximate surface area is 125 Å². The normalized spacial score (nSPS) is 11.5. The number of thioether (sulfide) groups is 1. The molecule has 1 aromatic rings. The van der Waals surface area contributed by atoms with E-state index >= 15 is 0 Å². The number of rotatable bonds is 8. The Hall–Kier alpha value is -1.68. The lowest BCUT2D eigenvalue weighted by Crippen LogP contribution is -2.36. The fourth-order valence-corrected chi connectivity index (χ4v) is 2.68. The molecule has 0 spiro atoms. The highest BCUT2D eigenvalue weighted by atomic mass is 32.2. The van der Waals surface area contributed by atoms with Gasteiger partial charge in [-0.2, -0.15) is 0 Å². The molecule has 1 amide bonds. The Morgan fingerprint density at radius 2 is 1.85 bits per heavy atom. The highest BCUT2D eigenvalue weighted by Gasteiger charge is 2.19. The molecule has 1 rings (SSSR count). The first-order chi connectivity index (χ1) is 9.62. The molecule has 0 radical (unpaired) electrons. The quantitative estimate of drug-likeness (QED) is 0.543. The number of hydrogen-bond donors (Lipinski definition) is 0. The zero-order valence-corrected chi connectivity index (χ0v) is 12.9. The number of benzene rings is 1. The van der Waals surface area contributed by atoms with E-state index in [4.69, 9.17) is 4.74 Å². The van der Waals surface area contributed by atoms with Crippen LogP contribution in [0.4, 0.5) is 0 Å². The van der Waals surface area contributed by atoms with Gasteiger partial charge in [-0.05, 0) is 31.2 Å². The van der Waals surface area contributed by atoms with E-state index in [1.54, 1.807) is 24.2 Å². The van der Waals surface area contributed by atoms with Gasteiger partial charge in [0.05, 0.1) is 12.4 Å². The van der Waals surface area contributed by atoms with Crippen LogP contribution in [0, 0.1) is 0 Å². The summed E-state index contributed by atoms with van der Waals surface area (Å²) in [6, 6.07) is 7.70. The van der Waals surface area contributed by atoms with E-state index in [-0.39, 0.29) is 11.2 Å². The second-order valence-corrected chi connectivity index (χ2v) is 5.67. The van der Waals surface area contributed by atoms with Gasteiger partial charge >= 0.3 is 0 Å². The number of ether oxygens (including phenoxy) is 1. The predicted octanol–water partition coefficient (Wildman–Crippen LogP) is 3.38. The molecule has 0 saturated heterocycles. The van der Waals surface area contributed by atoms with Gasteiger partial charge in [0.25, 0.3) is 0 Å². The molecule has 0 N–H and O–H groups in total. The zero-order valence-electron chi connectivity index (χ0n) is 12.0. The van der Waals surface area contributed by atoms with Crippen LogP contribution in [0.1, 0.15) is 6.92 Å². The number of methoxy groups -OCH3 is 1. The van der Waals surface area contributed by atoms with Crippen molar-refractivity contribution < 1.29 is 9.53 Å². The summed E-state index contributed by atoms with van der Waals surface area (Å²) in [4.78, 5) is 15.1. The maximum atomic E-state index is 12.3. The van der Waals surface area contributed by atoms with Crippen LogP contribution in [-0.4, -0.2) is 36.3 Å². The first-order valence-electron chi connectivity index (χ1n) is 6.43. The zero-order chi connectivity index (χ0) is 15.0. The van der Waals surface area contributed by atoms with Crippen molar-refractivity contribution in [2.75, 3.05) is 20.2 Å². The smallest absolute Gasteiger partial charge is 0.236 e. The average Bonchev–Trinajstić information content (AvgIpc) is 2.47. The van der Waals surface area contributed by atoms with Crippen molar-refractivity contribution >= 4 is 17.7 Å². The van der Waals surface area contributed by atoms with Gasteiger partial charge < -0.3 is 9.64 Å². The van der Waals surface area contributed by atoms with Crippen molar-refractivity contribution in [3.8, 4) is 5.75 Å². The van der Waals surface area contributed by atoms with Gasteiger partial charge in [-0.3, -0.25) is 4.79 Å². The van der Waals surface area contributed by atoms with Crippen LogP contribution in [0.25, 0.3) is 0 Å². The topological polar surface area (TPSA) is 29.5 Å². The minimum absolute atomic E-state index is 0.0885. The number of hydrogen-bond acceptors (Lipinski definition) is 3. The summed E-state index contributed by atoms with van der Waals surface area (Å²) in [6.07, 6.45) is 3.46. The molecular weight excluding hydrogens is 270 g/mol. The summed E-state index contributed by atoms with van der Waals surface area (Å²) in [5.41, 5.74) is 0. The molecule has 0 aliphatic heterocycles. The molecular formula is C16H21NO2S. The second kappa shape index (κ2) is 8.48. The van der Waals surface area contributed by atoms with E-state index < -0.39 is 0 Å². The van der Waals surface area contributed by atoms with Crippen molar-refractivity contribution in [2.45, 2.75) is 17.1 Å². The molecule has 1 aromatic carbocycles. The van der Waals surface area contributed by atoms with Gasteiger partial charge in [0.15, 0.2) is 0 Å². The van der Waals surface area contributed by atoms with Crippen LogP contribution < -0.4 is 4.74 Å². The van der Waals surface area contributed by atoms with Gasteiger partial charge in [0, 0.05) is 18.0 Å². The molecule has 0 bridgehead atoms. The van der Waals surface area contributed by atoms with E-state index in [1.807, 2.05) is 31.2 Å². The van der Waals surface area contributed by atoms with E-state index in [1.165, 1.54) is 11.8 Å². The summed E-state index contributed by atoms with van der Waals surface area (Å²) in [6.45, 7) is 10.4. The molecule has 0 fully saturated rings. The summed E-state index contributed by atoms with van der Waals surface area (Å²) in [5.74, 6) is 0.902. The van der Waals surface area contributed by atoms with Gasteiger partial charge in [0.2, 0.25) is 5.91 Å². The van der Waals surface area contributed by atoms with Crippen LogP contribution in [0.5, 0.6) is 5.75 Å². The van der Waals surface area contributed by atoms with E-state index in [0.717, 1.165) is 10.6 Å². The molecule has 0 saturated carbocycles. The van der Waals surface area contributed by atoms with E-state index in [2.05, 4.69) is 13.2 Å². The van der Waals surface area contributed by atoms with Gasteiger partial charge in [-0.1, -0.05) is 12.2 Å². The van der Waals surface area contributed by atoms with Gasteiger partial charge in [0.1, 0.15) is 5.75 Å². The lowest BCUT2D eigenvalue weighted by Gasteiger charge is -2.23. The fourth-order valence-electron chi connectivity index (χ4n) is 1.73. The van der Waals surface area contributed by atoms with Crippen molar-refractivity contribution in [1.82, 2.24) is 4.90 Å². The van der Waals surface area contributed by atoms with Crippen molar-refractivity contribution in [3.63, 3.8) is 0 Å². The minimum Gasteiger partial charge on any atom is -0.497 e. The molecule has 108 valence electrons. The average molecular weight is 291 g/mol.